The second-order valence-electron chi connectivity index (χ2n) is 8.44. The van der Waals surface area contributed by atoms with Crippen molar-refractivity contribution in [3.8, 4) is 34.6 Å². The minimum atomic E-state index is -0.523. The van der Waals surface area contributed by atoms with E-state index in [1.165, 1.54) is 7.11 Å². The normalized spacial score (nSPS) is 15.0. The lowest BCUT2D eigenvalue weighted by Crippen LogP contribution is -2.30. The molecule has 0 saturated carbocycles. The van der Waals surface area contributed by atoms with Crippen LogP contribution in [-0.2, 0) is 11.4 Å². The van der Waals surface area contributed by atoms with Gasteiger partial charge in [0.2, 0.25) is 5.82 Å². The van der Waals surface area contributed by atoms with Crippen molar-refractivity contribution in [2.75, 3.05) is 13.7 Å². The van der Waals surface area contributed by atoms with E-state index in [2.05, 4.69) is 16.8 Å². The number of fused-ring (bicyclic) bond motifs is 1. The average Bonchev–Trinajstić information content (AvgIpc) is 3.54. The maximum atomic E-state index is 14.4. The van der Waals surface area contributed by atoms with E-state index in [9.17, 15) is 9.18 Å². The van der Waals surface area contributed by atoms with Gasteiger partial charge >= 0.3 is 0 Å². The SMILES string of the molecule is CC#CC(=O)N1CCC[C@H]1c1nc(-c2ccc(COc3cccc(OC)c3F)cc2)c2cnccn12. The van der Waals surface area contributed by atoms with Crippen molar-refractivity contribution in [1.29, 1.82) is 0 Å². The molecule has 1 atom stereocenters. The number of rotatable bonds is 6. The number of carbonyl (C=O) groups excluding carboxylic acids is 1. The lowest BCUT2D eigenvalue weighted by Gasteiger charge is -2.21. The highest BCUT2D eigenvalue weighted by atomic mass is 19.1. The Hall–Kier alpha value is -4.38. The molecule has 5 rings (SSSR count). The molecule has 7 nitrogen and oxygen atoms in total. The van der Waals surface area contributed by atoms with Crippen LogP contribution in [0, 0.1) is 17.7 Å². The molecule has 1 aliphatic heterocycles. The molecule has 0 aliphatic carbocycles. The van der Waals surface area contributed by atoms with Gasteiger partial charge in [0, 0.05) is 24.5 Å². The zero-order valence-electron chi connectivity index (χ0n) is 20.1. The van der Waals surface area contributed by atoms with Crippen LogP contribution in [0.3, 0.4) is 0 Å². The summed E-state index contributed by atoms with van der Waals surface area (Å²) in [6, 6.07) is 12.4. The van der Waals surface area contributed by atoms with Gasteiger partial charge in [-0.1, -0.05) is 36.3 Å². The fourth-order valence-corrected chi connectivity index (χ4v) is 4.55. The van der Waals surface area contributed by atoms with Crippen LogP contribution in [-0.4, -0.2) is 38.8 Å². The topological polar surface area (TPSA) is 69.0 Å². The third-order valence-corrected chi connectivity index (χ3v) is 6.29. The summed E-state index contributed by atoms with van der Waals surface area (Å²) in [6.07, 6.45) is 7.10. The molecule has 1 aliphatic rings. The minimum absolute atomic E-state index is 0.137. The fourth-order valence-electron chi connectivity index (χ4n) is 4.55. The van der Waals surface area contributed by atoms with E-state index in [1.54, 1.807) is 42.4 Å². The van der Waals surface area contributed by atoms with E-state index in [4.69, 9.17) is 14.5 Å². The summed E-state index contributed by atoms with van der Waals surface area (Å²) in [6.45, 7) is 2.54. The van der Waals surface area contributed by atoms with Gasteiger partial charge in [-0.3, -0.25) is 14.2 Å². The second kappa shape index (κ2) is 10.1. The Balaban J connectivity index is 1.41. The second-order valence-corrected chi connectivity index (χ2v) is 8.44. The lowest BCUT2D eigenvalue weighted by atomic mass is 10.1. The molecule has 1 amide bonds. The van der Waals surface area contributed by atoms with Crippen LogP contribution in [0.4, 0.5) is 4.39 Å². The van der Waals surface area contributed by atoms with E-state index >= 15 is 0 Å². The number of nitrogens with zero attached hydrogens (tertiary/aromatic N) is 4. The van der Waals surface area contributed by atoms with E-state index in [-0.39, 0.29) is 30.1 Å². The number of likely N-dealkylation sites (tertiary alicyclic amines) is 1. The predicted molar refractivity (Wildman–Crippen MR) is 133 cm³/mol. The number of carbonyl (C=O) groups is 1. The zero-order chi connectivity index (χ0) is 25.1. The van der Waals surface area contributed by atoms with Gasteiger partial charge < -0.3 is 14.4 Å². The third-order valence-electron chi connectivity index (χ3n) is 6.29. The Morgan fingerprint density at radius 3 is 2.78 bits per heavy atom. The standard InChI is InChI=1S/C28H25FN4O3/c1-3-6-25(34)32-15-5-7-21(32)28-31-27(22-17-30-14-16-33(22)28)20-12-10-19(11-13-20)18-36-24-9-4-8-23(35-2)26(24)29/h4,8-14,16-17,21H,5,7,15,18H2,1-2H3/t21-/m0/s1. The molecule has 0 N–H and O–H groups in total. The van der Waals surface area contributed by atoms with Gasteiger partial charge in [0.05, 0.1) is 30.6 Å². The average molecular weight is 485 g/mol. The van der Waals surface area contributed by atoms with Gasteiger partial charge in [-0.15, -0.1) is 0 Å². The first-order valence-electron chi connectivity index (χ1n) is 11.7. The number of hydrogen-bond acceptors (Lipinski definition) is 5. The number of hydrogen-bond donors (Lipinski definition) is 0. The number of imidazole rings is 1. The van der Waals surface area contributed by atoms with Crippen molar-refractivity contribution in [3.05, 3.63) is 78.3 Å². The highest BCUT2D eigenvalue weighted by molar-refractivity contribution is 5.94. The van der Waals surface area contributed by atoms with Crippen molar-refractivity contribution < 1.29 is 18.7 Å². The maximum absolute atomic E-state index is 14.4. The Bertz CT molecular complexity index is 1470. The van der Waals surface area contributed by atoms with Crippen molar-refractivity contribution in [2.24, 2.45) is 0 Å². The van der Waals surface area contributed by atoms with Crippen LogP contribution in [0.15, 0.2) is 61.1 Å². The third kappa shape index (κ3) is 4.36. The predicted octanol–water partition coefficient (Wildman–Crippen LogP) is 4.81. The van der Waals surface area contributed by atoms with E-state index < -0.39 is 5.82 Å². The van der Waals surface area contributed by atoms with Gasteiger partial charge in [-0.2, -0.15) is 4.39 Å². The van der Waals surface area contributed by atoms with Gasteiger partial charge in [0.15, 0.2) is 11.5 Å². The molecule has 0 unspecified atom stereocenters. The molecule has 4 aromatic rings. The van der Waals surface area contributed by atoms with E-state index in [0.29, 0.717) is 6.54 Å². The first-order valence-corrected chi connectivity index (χ1v) is 11.7. The number of benzene rings is 2. The molecule has 8 heteroatoms. The molecule has 2 aromatic carbocycles. The number of aromatic nitrogens is 3. The molecule has 2 aromatic heterocycles. The zero-order valence-corrected chi connectivity index (χ0v) is 20.1. The van der Waals surface area contributed by atoms with Gasteiger partial charge in [0.25, 0.3) is 5.91 Å². The van der Waals surface area contributed by atoms with Crippen LogP contribution in [0.5, 0.6) is 11.5 Å². The Morgan fingerprint density at radius 1 is 1.19 bits per heavy atom. The summed E-state index contributed by atoms with van der Waals surface area (Å²) in [5, 5.41) is 0. The minimum Gasteiger partial charge on any atom is -0.494 e. The molecule has 182 valence electrons. The molecule has 36 heavy (non-hydrogen) atoms. The number of methoxy groups -OCH3 is 1. The molecular weight excluding hydrogens is 459 g/mol. The largest absolute Gasteiger partial charge is 0.494 e. The highest BCUT2D eigenvalue weighted by Gasteiger charge is 2.33. The first-order chi connectivity index (χ1) is 17.6. The molecule has 0 spiro atoms. The number of amides is 1. The summed E-state index contributed by atoms with van der Waals surface area (Å²) in [4.78, 5) is 23.6. The molecule has 1 saturated heterocycles. The van der Waals surface area contributed by atoms with Crippen LogP contribution in [0.25, 0.3) is 16.8 Å². The Morgan fingerprint density at radius 2 is 2.00 bits per heavy atom. The molecule has 1 fully saturated rings. The summed E-state index contributed by atoms with van der Waals surface area (Å²) in [5.74, 6) is 5.74. The van der Waals surface area contributed by atoms with Crippen molar-refractivity contribution in [2.45, 2.75) is 32.4 Å². The number of halogens is 1. The molecular formula is C28H25FN4O3. The smallest absolute Gasteiger partial charge is 0.299 e. The summed E-state index contributed by atoms with van der Waals surface area (Å²) < 4.78 is 27.0. The monoisotopic (exact) mass is 484 g/mol. The van der Waals surface area contributed by atoms with E-state index in [1.807, 2.05) is 34.9 Å². The lowest BCUT2D eigenvalue weighted by molar-refractivity contribution is -0.126. The van der Waals surface area contributed by atoms with Crippen LogP contribution in [0.1, 0.15) is 37.2 Å². The highest BCUT2D eigenvalue weighted by Crippen LogP contribution is 2.35. The molecule has 0 radical (unpaired) electrons. The van der Waals surface area contributed by atoms with Crippen molar-refractivity contribution in [1.82, 2.24) is 19.3 Å². The van der Waals surface area contributed by atoms with Crippen LogP contribution in [0.2, 0.25) is 0 Å². The maximum Gasteiger partial charge on any atom is 0.299 e. The fraction of sp³-hybridized carbons (Fsp3) is 0.250. The van der Waals surface area contributed by atoms with Crippen LogP contribution >= 0.6 is 0 Å². The Labute approximate surface area is 208 Å². The summed E-state index contributed by atoms with van der Waals surface area (Å²) in [7, 11) is 1.42. The van der Waals surface area contributed by atoms with Gasteiger partial charge in [-0.05, 0) is 43.4 Å². The van der Waals surface area contributed by atoms with Crippen molar-refractivity contribution in [3.63, 3.8) is 0 Å². The summed E-state index contributed by atoms with van der Waals surface area (Å²) in [5.41, 5.74) is 3.43. The number of ether oxygens (including phenoxy) is 2. The molecule has 3 heterocycles. The Kier molecular flexibility index (Phi) is 6.54. The van der Waals surface area contributed by atoms with Crippen LogP contribution < -0.4 is 9.47 Å². The molecule has 0 bridgehead atoms. The van der Waals surface area contributed by atoms with E-state index in [0.717, 1.165) is 41.0 Å². The first kappa shape index (κ1) is 23.4. The van der Waals surface area contributed by atoms with Gasteiger partial charge in [-0.25, -0.2) is 4.98 Å². The quantitative estimate of drug-likeness (QED) is 0.368. The summed E-state index contributed by atoms with van der Waals surface area (Å²) >= 11 is 0. The van der Waals surface area contributed by atoms with Gasteiger partial charge in [0.1, 0.15) is 12.4 Å². The van der Waals surface area contributed by atoms with Crippen molar-refractivity contribution >= 4 is 11.4 Å².